The number of carbonyl (C=O) groups excluding carboxylic acids is 1. The number of amides is 1. The van der Waals surface area contributed by atoms with Crippen LogP contribution in [-0.2, 0) is 11.0 Å². The van der Waals surface area contributed by atoms with Crippen molar-refractivity contribution in [1.82, 2.24) is 4.90 Å². The Bertz CT molecular complexity index is 587. The Balaban J connectivity index is 1.71. The highest BCUT2D eigenvalue weighted by molar-refractivity contribution is 5.83. The second kappa shape index (κ2) is 6.15. The van der Waals surface area contributed by atoms with Crippen LogP contribution in [0.5, 0.6) is 0 Å². The summed E-state index contributed by atoms with van der Waals surface area (Å²) in [5.41, 5.74) is 5.32. The molecule has 2 N–H and O–H groups in total. The summed E-state index contributed by atoms with van der Waals surface area (Å²) in [7, 11) is 0. The molecule has 1 aliphatic carbocycles. The summed E-state index contributed by atoms with van der Waals surface area (Å²) in [4.78, 5) is 14.4. The molecule has 1 amide bonds. The number of hydrogen-bond donors (Lipinski definition) is 1. The third-order valence-electron chi connectivity index (χ3n) is 4.94. The normalized spacial score (nSPS) is 27.8. The molecule has 23 heavy (non-hydrogen) atoms. The fourth-order valence-electron chi connectivity index (χ4n) is 3.58. The Labute approximate surface area is 133 Å². The highest BCUT2D eigenvalue weighted by Gasteiger charge is 2.49. The second-order valence-corrected chi connectivity index (χ2v) is 6.56. The number of alkyl halides is 3. The Morgan fingerprint density at radius 1 is 1.30 bits per heavy atom. The SMILES string of the molecule is NCC1CCCN(C(=O)[C@@H]2C[C@H]2c2ccccc2C(F)(F)F)C1. The molecule has 2 fully saturated rings. The molecule has 0 aromatic heterocycles. The van der Waals surface area contributed by atoms with Gasteiger partial charge in [0, 0.05) is 19.0 Å². The van der Waals surface area contributed by atoms with Crippen molar-refractivity contribution in [2.75, 3.05) is 19.6 Å². The van der Waals surface area contributed by atoms with Crippen LogP contribution in [-0.4, -0.2) is 30.4 Å². The summed E-state index contributed by atoms with van der Waals surface area (Å²) in [6, 6.07) is 5.60. The molecule has 1 aliphatic heterocycles. The molecule has 0 radical (unpaired) electrons. The number of nitrogens with zero attached hydrogens (tertiary/aromatic N) is 1. The lowest BCUT2D eigenvalue weighted by Gasteiger charge is -2.32. The van der Waals surface area contributed by atoms with Crippen LogP contribution < -0.4 is 5.73 Å². The first-order valence-corrected chi connectivity index (χ1v) is 8.06. The summed E-state index contributed by atoms with van der Waals surface area (Å²) < 4.78 is 39.3. The molecule has 3 rings (SSSR count). The van der Waals surface area contributed by atoms with Crippen molar-refractivity contribution >= 4 is 5.91 Å². The van der Waals surface area contributed by atoms with Gasteiger partial charge in [-0.05, 0) is 49.3 Å². The van der Waals surface area contributed by atoms with E-state index in [1.807, 2.05) is 0 Å². The summed E-state index contributed by atoms with van der Waals surface area (Å²) in [5.74, 6) is -0.314. The quantitative estimate of drug-likeness (QED) is 0.928. The summed E-state index contributed by atoms with van der Waals surface area (Å²) >= 11 is 0. The second-order valence-electron chi connectivity index (χ2n) is 6.56. The van der Waals surface area contributed by atoms with Gasteiger partial charge < -0.3 is 10.6 Å². The van der Waals surface area contributed by atoms with Crippen molar-refractivity contribution in [3.05, 3.63) is 35.4 Å². The first-order valence-electron chi connectivity index (χ1n) is 8.06. The molecule has 1 aromatic carbocycles. The van der Waals surface area contributed by atoms with Gasteiger partial charge in [0.25, 0.3) is 0 Å². The minimum atomic E-state index is -4.37. The topological polar surface area (TPSA) is 46.3 Å². The van der Waals surface area contributed by atoms with Crippen LogP contribution in [0, 0.1) is 11.8 Å². The number of likely N-dealkylation sites (tertiary alicyclic amines) is 1. The molecule has 1 unspecified atom stereocenters. The molecular formula is C17H21F3N2O. The molecule has 2 aliphatic rings. The highest BCUT2D eigenvalue weighted by atomic mass is 19.4. The van der Waals surface area contributed by atoms with Gasteiger partial charge in [-0.25, -0.2) is 0 Å². The zero-order chi connectivity index (χ0) is 16.6. The van der Waals surface area contributed by atoms with E-state index < -0.39 is 11.7 Å². The van der Waals surface area contributed by atoms with Crippen molar-refractivity contribution in [3.8, 4) is 0 Å². The molecule has 1 saturated heterocycles. The molecule has 1 saturated carbocycles. The van der Waals surface area contributed by atoms with Gasteiger partial charge in [-0.2, -0.15) is 13.2 Å². The Kier molecular flexibility index (Phi) is 4.36. The van der Waals surface area contributed by atoms with E-state index >= 15 is 0 Å². The van der Waals surface area contributed by atoms with Crippen LogP contribution in [0.25, 0.3) is 0 Å². The number of piperidine rings is 1. The largest absolute Gasteiger partial charge is 0.416 e. The van der Waals surface area contributed by atoms with Crippen molar-refractivity contribution in [1.29, 1.82) is 0 Å². The van der Waals surface area contributed by atoms with Crippen LogP contribution in [0.3, 0.4) is 0 Å². The van der Waals surface area contributed by atoms with Gasteiger partial charge in [0.15, 0.2) is 0 Å². The highest BCUT2D eigenvalue weighted by Crippen LogP contribution is 2.51. The van der Waals surface area contributed by atoms with E-state index in [4.69, 9.17) is 5.73 Å². The van der Waals surface area contributed by atoms with E-state index in [9.17, 15) is 18.0 Å². The van der Waals surface area contributed by atoms with Gasteiger partial charge in [-0.1, -0.05) is 18.2 Å². The minimum absolute atomic E-state index is 0.00914. The molecule has 3 atom stereocenters. The average Bonchev–Trinajstić information content (AvgIpc) is 3.34. The molecule has 0 bridgehead atoms. The lowest BCUT2D eigenvalue weighted by Crippen LogP contribution is -2.42. The number of nitrogens with two attached hydrogens (primary N) is 1. The van der Waals surface area contributed by atoms with Gasteiger partial charge in [0.1, 0.15) is 0 Å². The Morgan fingerprint density at radius 2 is 2.04 bits per heavy atom. The maximum absolute atomic E-state index is 13.1. The predicted octanol–water partition coefficient (Wildman–Crippen LogP) is 3.01. The standard InChI is InChI=1S/C17H21F3N2O/c18-17(19,20)15-6-2-1-5-12(15)13-8-14(13)16(23)22-7-3-4-11(9-21)10-22/h1-2,5-6,11,13-14H,3-4,7-10,21H2/t11?,13-,14+/m0/s1. The van der Waals surface area contributed by atoms with E-state index in [0.29, 0.717) is 32.0 Å². The summed E-state index contributed by atoms with van der Waals surface area (Å²) in [6.45, 7) is 1.88. The monoisotopic (exact) mass is 326 g/mol. The number of rotatable bonds is 3. The van der Waals surface area contributed by atoms with Crippen molar-refractivity contribution < 1.29 is 18.0 Å². The van der Waals surface area contributed by atoms with E-state index in [1.54, 1.807) is 11.0 Å². The van der Waals surface area contributed by atoms with E-state index in [1.165, 1.54) is 12.1 Å². The van der Waals surface area contributed by atoms with Crippen LogP contribution in [0.4, 0.5) is 13.2 Å². The number of carbonyl (C=O) groups is 1. The van der Waals surface area contributed by atoms with Crippen LogP contribution in [0.2, 0.25) is 0 Å². The smallest absolute Gasteiger partial charge is 0.342 e. The lowest BCUT2D eigenvalue weighted by atomic mass is 9.97. The lowest BCUT2D eigenvalue weighted by molar-refractivity contribution is -0.139. The zero-order valence-electron chi connectivity index (χ0n) is 12.9. The van der Waals surface area contributed by atoms with Gasteiger partial charge in [0.05, 0.1) is 5.56 Å². The van der Waals surface area contributed by atoms with Crippen molar-refractivity contribution in [3.63, 3.8) is 0 Å². The third kappa shape index (κ3) is 3.37. The Morgan fingerprint density at radius 3 is 2.74 bits per heavy atom. The number of hydrogen-bond acceptors (Lipinski definition) is 2. The van der Waals surface area contributed by atoms with Crippen LogP contribution in [0.1, 0.15) is 36.3 Å². The van der Waals surface area contributed by atoms with Crippen molar-refractivity contribution in [2.45, 2.75) is 31.4 Å². The van der Waals surface area contributed by atoms with Crippen molar-refractivity contribution in [2.24, 2.45) is 17.6 Å². The van der Waals surface area contributed by atoms with E-state index in [-0.39, 0.29) is 23.3 Å². The molecule has 3 nitrogen and oxygen atoms in total. The third-order valence-corrected chi connectivity index (χ3v) is 4.94. The summed E-state index contributed by atoms with van der Waals surface area (Å²) in [5, 5.41) is 0. The molecule has 0 spiro atoms. The molecule has 6 heteroatoms. The Hall–Kier alpha value is -1.56. The van der Waals surface area contributed by atoms with E-state index in [2.05, 4.69) is 0 Å². The number of benzene rings is 1. The maximum Gasteiger partial charge on any atom is 0.416 e. The van der Waals surface area contributed by atoms with Crippen LogP contribution in [0.15, 0.2) is 24.3 Å². The fourth-order valence-corrected chi connectivity index (χ4v) is 3.58. The maximum atomic E-state index is 13.1. The number of halogens is 3. The van der Waals surface area contributed by atoms with Crippen LogP contribution >= 0.6 is 0 Å². The average molecular weight is 326 g/mol. The van der Waals surface area contributed by atoms with Gasteiger partial charge in [-0.15, -0.1) is 0 Å². The van der Waals surface area contributed by atoms with E-state index in [0.717, 1.165) is 18.9 Å². The van der Waals surface area contributed by atoms with Gasteiger partial charge >= 0.3 is 6.18 Å². The molecule has 1 aromatic rings. The van der Waals surface area contributed by atoms with Gasteiger partial charge in [-0.3, -0.25) is 4.79 Å². The molecule has 126 valence electrons. The fraction of sp³-hybridized carbons (Fsp3) is 0.588. The molecular weight excluding hydrogens is 305 g/mol. The first kappa shape index (κ1) is 16.3. The minimum Gasteiger partial charge on any atom is -0.342 e. The predicted molar refractivity (Wildman–Crippen MR) is 80.7 cm³/mol. The first-order chi connectivity index (χ1) is 10.9. The molecule has 1 heterocycles. The van der Waals surface area contributed by atoms with Gasteiger partial charge in [0.2, 0.25) is 5.91 Å². The summed E-state index contributed by atoms with van der Waals surface area (Å²) in [6.07, 6.45) is -1.92. The zero-order valence-corrected chi connectivity index (χ0v) is 12.9.